The molecule has 0 radical (unpaired) electrons. The molecule has 0 unspecified atom stereocenters. The number of sulfonamides is 1. The normalized spacial score (nSPS) is 11.1. The molecule has 0 fully saturated rings. The lowest BCUT2D eigenvalue weighted by Gasteiger charge is -2.10. The molecule has 20 heavy (non-hydrogen) atoms. The molecule has 8 heteroatoms. The lowest BCUT2D eigenvalue weighted by Crippen LogP contribution is -2.17. The molecule has 1 heterocycles. The summed E-state index contributed by atoms with van der Waals surface area (Å²) in [6.07, 6.45) is 0. The number of esters is 1. The fourth-order valence-corrected chi connectivity index (χ4v) is 3.47. The van der Waals surface area contributed by atoms with E-state index in [9.17, 15) is 13.2 Å². The van der Waals surface area contributed by atoms with E-state index in [-0.39, 0.29) is 16.1 Å². The number of nitrogens with two attached hydrogens (primary N) is 1. The summed E-state index contributed by atoms with van der Waals surface area (Å²) in [5, 5.41) is 3.38. The Labute approximate surface area is 120 Å². The van der Waals surface area contributed by atoms with Crippen LogP contribution in [0.1, 0.15) is 10.4 Å². The minimum absolute atomic E-state index is 0.102. The molecule has 1 aromatic heterocycles. The van der Waals surface area contributed by atoms with Crippen LogP contribution in [-0.2, 0) is 14.8 Å². The van der Waals surface area contributed by atoms with Gasteiger partial charge in [-0.3, -0.25) is 4.72 Å². The van der Waals surface area contributed by atoms with Crippen molar-refractivity contribution in [1.29, 1.82) is 0 Å². The predicted molar refractivity (Wildman–Crippen MR) is 77.3 cm³/mol. The highest BCUT2D eigenvalue weighted by atomic mass is 32.2. The summed E-state index contributed by atoms with van der Waals surface area (Å²) < 4.78 is 31.6. The molecule has 0 spiro atoms. The molecule has 0 atom stereocenters. The fourth-order valence-electron chi connectivity index (χ4n) is 1.58. The molecular weight excluding hydrogens is 300 g/mol. The van der Waals surface area contributed by atoms with E-state index in [0.29, 0.717) is 5.69 Å². The average molecular weight is 312 g/mol. The van der Waals surface area contributed by atoms with Crippen LogP contribution in [0, 0.1) is 0 Å². The van der Waals surface area contributed by atoms with Crippen LogP contribution in [-0.4, -0.2) is 21.5 Å². The Morgan fingerprint density at radius 2 is 2.10 bits per heavy atom. The summed E-state index contributed by atoms with van der Waals surface area (Å²) in [6.45, 7) is 0. The maximum atomic E-state index is 12.3. The minimum atomic E-state index is -3.89. The molecule has 0 aliphatic heterocycles. The average Bonchev–Trinajstić information content (AvgIpc) is 2.89. The number of thiophene rings is 1. The van der Waals surface area contributed by atoms with Gasteiger partial charge in [-0.1, -0.05) is 0 Å². The third-order valence-electron chi connectivity index (χ3n) is 2.47. The van der Waals surface area contributed by atoms with Crippen molar-refractivity contribution in [3.05, 3.63) is 40.6 Å². The molecular formula is C12H12N2O4S2. The zero-order valence-corrected chi connectivity index (χ0v) is 12.1. The Bertz CT molecular complexity index is 724. The van der Waals surface area contributed by atoms with Gasteiger partial charge in [0.1, 0.15) is 4.90 Å². The van der Waals surface area contributed by atoms with Gasteiger partial charge in [-0.15, -0.1) is 0 Å². The number of hydrogen-bond acceptors (Lipinski definition) is 6. The predicted octanol–water partition coefficient (Wildman–Crippen LogP) is 1.92. The van der Waals surface area contributed by atoms with Crippen LogP contribution < -0.4 is 10.5 Å². The highest BCUT2D eigenvalue weighted by molar-refractivity contribution is 7.92. The van der Waals surface area contributed by atoms with Crippen molar-refractivity contribution >= 4 is 38.7 Å². The maximum Gasteiger partial charge on any atom is 0.339 e. The van der Waals surface area contributed by atoms with Crippen molar-refractivity contribution in [2.75, 3.05) is 17.6 Å². The lowest BCUT2D eigenvalue weighted by atomic mass is 10.2. The van der Waals surface area contributed by atoms with Gasteiger partial charge in [0, 0.05) is 11.1 Å². The highest BCUT2D eigenvalue weighted by Gasteiger charge is 2.23. The number of methoxy groups -OCH3 is 1. The zero-order valence-electron chi connectivity index (χ0n) is 10.5. The summed E-state index contributed by atoms with van der Waals surface area (Å²) in [5.41, 5.74) is 6.19. The summed E-state index contributed by atoms with van der Waals surface area (Å²) in [7, 11) is -2.71. The van der Waals surface area contributed by atoms with E-state index in [1.807, 2.05) is 0 Å². The number of nitrogens with one attached hydrogen (secondary N) is 1. The van der Waals surface area contributed by atoms with Gasteiger partial charge in [0.25, 0.3) is 10.0 Å². The molecule has 1 aromatic carbocycles. The monoisotopic (exact) mass is 312 g/mol. The van der Waals surface area contributed by atoms with Crippen molar-refractivity contribution in [3.8, 4) is 0 Å². The van der Waals surface area contributed by atoms with Gasteiger partial charge in [-0.2, -0.15) is 11.3 Å². The van der Waals surface area contributed by atoms with Crippen LogP contribution in [0.4, 0.5) is 11.4 Å². The molecule has 0 bridgehead atoms. The van der Waals surface area contributed by atoms with E-state index in [1.165, 1.54) is 36.6 Å². The number of hydrogen-bond donors (Lipinski definition) is 2. The molecule has 0 amide bonds. The standard InChI is InChI=1S/C12H12N2O4S2/c1-18-12(15)10-6-8(13)2-3-11(10)20(16,17)14-9-4-5-19-7-9/h2-7,14H,13H2,1H3. The quantitative estimate of drug-likeness (QED) is 0.664. The van der Waals surface area contributed by atoms with Crippen LogP contribution in [0.3, 0.4) is 0 Å². The van der Waals surface area contributed by atoms with Crippen LogP contribution in [0.2, 0.25) is 0 Å². The Balaban J connectivity index is 2.48. The Kier molecular flexibility index (Phi) is 3.96. The first kappa shape index (κ1) is 14.4. The Hall–Kier alpha value is -2.06. The topological polar surface area (TPSA) is 98.5 Å². The molecule has 3 N–H and O–H groups in total. The second kappa shape index (κ2) is 5.51. The van der Waals surface area contributed by atoms with Gasteiger partial charge >= 0.3 is 5.97 Å². The van der Waals surface area contributed by atoms with Crippen molar-refractivity contribution in [2.24, 2.45) is 0 Å². The lowest BCUT2D eigenvalue weighted by molar-refractivity contribution is 0.0596. The molecule has 106 valence electrons. The third kappa shape index (κ3) is 2.91. The second-order valence-electron chi connectivity index (χ2n) is 3.86. The summed E-state index contributed by atoms with van der Waals surface area (Å²) in [6, 6.07) is 5.58. The van der Waals surface area contributed by atoms with Gasteiger partial charge in [0.15, 0.2) is 0 Å². The number of nitrogen functional groups attached to an aromatic ring is 1. The van der Waals surface area contributed by atoms with Gasteiger partial charge in [0.05, 0.1) is 18.4 Å². The summed E-state index contributed by atoms with van der Waals surface area (Å²) >= 11 is 1.35. The van der Waals surface area contributed by atoms with E-state index in [4.69, 9.17) is 5.73 Å². The van der Waals surface area contributed by atoms with E-state index in [1.54, 1.807) is 16.8 Å². The van der Waals surface area contributed by atoms with E-state index >= 15 is 0 Å². The first-order chi connectivity index (χ1) is 9.44. The molecule has 6 nitrogen and oxygen atoms in total. The largest absolute Gasteiger partial charge is 0.465 e. The van der Waals surface area contributed by atoms with Gasteiger partial charge in [0.2, 0.25) is 0 Å². The smallest absolute Gasteiger partial charge is 0.339 e. The number of benzene rings is 1. The van der Waals surface area contributed by atoms with Crippen LogP contribution in [0.5, 0.6) is 0 Å². The van der Waals surface area contributed by atoms with Crippen molar-refractivity contribution in [3.63, 3.8) is 0 Å². The maximum absolute atomic E-state index is 12.3. The highest BCUT2D eigenvalue weighted by Crippen LogP contribution is 2.23. The number of anilines is 2. The van der Waals surface area contributed by atoms with Crippen LogP contribution in [0.15, 0.2) is 39.9 Å². The SMILES string of the molecule is COC(=O)c1cc(N)ccc1S(=O)(=O)Nc1ccsc1. The molecule has 0 aliphatic carbocycles. The Morgan fingerprint density at radius 3 is 2.70 bits per heavy atom. The van der Waals surface area contributed by atoms with Crippen molar-refractivity contribution in [2.45, 2.75) is 4.90 Å². The molecule has 0 aliphatic rings. The first-order valence-electron chi connectivity index (χ1n) is 5.47. The van der Waals surface area contributed by atoms with Crippen molar-refractivity contribution < 1.29 is 17.9 Å². The molecule has 2 rings (SSSR count). The summed E-state index contributed by atoms with van der Waals surface area (Å²) in [4.78, 5) is 11.5. The van der Waals surface area contributed by atoms with Crippen molar-refractivity contribution in [1.82, 2.24) is 0 Å². The Morgan fingerprint density at radius 1 is 1.35 bits per heavy atom. The number of rotatable bonds is 4. The van der Waals surface area contributed by atoms with E-state index in [2.05, 4.69) is 9.46 Å². The third-order valence-corrected chi connectivity index (χ3v) is 4.59. The summed E-state index contributed by atoms with van der Waals surface area (Å²) in [5.74, 6) is -0.761. The first-order valence-corrected chi connectivity index (χ1v) is 7.89. The van der Waals surface area contributed by atoms with Gasteiger partial charge < -0.3 is 10.5 Å². The van der Waals surface area contributed by atoms with E-state index < -0.39 is 16.0 Å². The molecule has 2 aromatic rings. The van der Waals surface area contributed by atoms with Gasteiger partial charge in [-0.05, 0) is 29.6 Å². The molecule has 0 saturated heterocycles. The van der Waals surface area contributed by atoms with Gasteiger partial charge in [-0.25, -0.2) is 13.2 Å². The minimum Gasteiger partial charge on any atom is -0.465 e. The number of carbonyl (C=O) groups excluding carboxylic acids is 1. The fraction of sp³-hybridized carbons (Fsp3) is 0.0833. The molecule has 0 saturated carbocycles. The second-order valence-corrected chi connectivity index (χ2v) is 6.30. The zero-order chi connectivity index (χ0) is 14.8. The van der Waals surface area contributed by atoms with Crippen LogP contribution in [0.25, 0.3) is 0 Å². The number of carbonyl (C=O) groups is 1. The van der Waals surface area contributed by atoms with E-state index in [0.717, 1.165) is 0 Å². The van der Waals surface area contributed by atoms with Crippen LogP contribution >= 0.6 is 11.3 Å². The number of ether oxygens (including phenoxy) is 1.